The largest absolute Gasteiger partial charge is 0.480 e. The minimum atomic E-state index is -1.10. The van der Waals surface area contributed by atoms with Crippen molar-refractivity contribution < 1.29 is 19.5 Å². The summed E-state index contributed by atoms with van der Waals surface area (Å²) in [4.78, 5) is 40.0. The molecule has 0 radical (unpaired) electrons. The number of nitrogens with zero attached hydrogens (tertiary/aromatic N) is 2. The Morgan fingerprint density at radius 1 is 1.24 bits per heavy atom. The van der Waals surface area contributed by atoms with Crippen LogP contribution in [0.25, 0.3) is 0 Å². The zero-order valence-electron chi connectivity index (χ0n) is 14.1. The van der Waals surface area contributed by atoms with Crippen LogP contribution in [-0.2, 0) is 14.4 Å². The Hall–Kier alpha value is -1.54. The molecule has 2 rings (SSSR count). The first kappa shape index (κ1) is 19.8. The average Bonchev–Trinajstić information content (AvgIpc) is 2.92. The smallest absolute Gasteiger partial charge is 0.326 e. The van der Waals surface area contributed by atoms with Crippen molar-refractivity contribution in [3.05, 3.63) is 24.4 Å². The molecule has 1 N–H and O–H groups in total. The summed E-state index contributed by atoms with van der Waals surface area (Å²) in [5.41, 5.74) is 0. The predicted molar refractivity (Wildman–Crippen MR) is 98.1 cm³/mol. The average molecular weight is 383 g/mol. The summed E-state index contributed by atoms with van der Waals surface area (Å²) in [5.74, 6) is -1.84. The van der Waals surface area contributed by atoms with Gasteiger partial charge < -0.3 is 5.11 Å². The fraction of sp³-hybridized carbons (Fsp3) is 0.529. The number of carbonyl (C=O) groups excluding carboxylic acids is 2. The lowest BCUT2D eigenvalue weighted by Gasteiger charge is -2.22. The first-order valence-corrected chi connectivity index (χ1v) is 10.5. The van der Waals surface area contributed by atoms with Gasteiger partial charge in [-0.15, -0.1) is 0 Å². The van der Waals surface area contributed by atoms with E-state index in [-0.39, 0.29) is 24.7 Å². The molecule has 0 aromatic carbocycles. The molecule has 1 aromatic rings. The van der Waals surface area contributed by atoms with Crippen molar-refractivity contribution in [2.45, 2.75) is 61.8 Å². The fourth-order valence-corrected chi connectivity index (χ4v) is 4.79. The van der Waals surface area contributed by atoms with Gasteiger partial charge in [-0.2, -0.15) is 0 Å². The van der Waals surface area contributed by atoms with Crippen molar-refractivity contribution in [1.29, 1.82) is 0 Å². The number of carboxylic acid groups (broad SMARTS) is 1. The van der Waals surface area contributed by atoms with E-state index in [2.05, 4.69) is 11.9 Å². The van der Waals surface area contributed by atoms with E-state index in [9.17, 15) is 19.5 Å². The number of aromatic nitrogens is 1. The van der Waals surface area contributed by atoms with Gasteiger partial charge in [0.25, 0.3) is 0 Å². The molecular weight excluding hydrogens is 360 g/mol. The maximum absolute atomic E-state index is 11.7. The van der Waals surface area contributed by atoms with E-state index < -0.39 is 12.0 Å². The number of unbranched alkanes of at least 4 members (excludes halogenated alkanes) is 1. The highest BCUT2D eigenvalue weighted by molar-refractivity contribution is 8.76. The number of rotatable bonds is 10. The van der Waals surface area contributed by atoms with Gasteiger partial charge in [0.2, 0.25) is 11.8 Å². The fourth-order valence-electron chi connectivity index (χ4n) is 2.65. The van der Waals surface area contributed by atoms with Crippen molar-refractivity contribution in [3.8, 4) is 0 Å². The molecule has 2 atom stereocenters. The summed E-state index contributed by atoms with van der Waals surface area (Å²) in [6.07, 6.45) is 4.81. The van der Waals surface area contributed by atoms with E-state index in [1.54, 1.807) is 27.8 Å². The number of aliphatic carboxylic acids is 1. The molecule has 1 fully saturated rings. The molecule has 1 aromatic heterocycles. The van der Waals surface area contributed by atoms with Crippen LogP contribution >= 0.6 is 21.6 Å². The van der Waals surface area contributed by atoms with Gasteiger partial charge in [0.15, 0.2) is 0 Å². The Balaban J connectivity index is 1.70. The highest BCUT2D eigenvalue weighted by atomic mass is 33.1. The third-order valence-corrected chi connectivity index (χ3v) is 6.82. The van der Waals surface area contributed by atoms with Crippen LogP contribution in [0.15, 0.2) is 29.4 Å². The van der Waals surface area contributed by atoms with Gasteiger partial charge in [0, 0.05) is 24.3 Å². The number of hydrogen-bond donors (Lipinski definition) is 1. The second kappa shape index (κ2) is 9.82. The predicted octanol–water partition coefficient (Wildman–Crippen LogP) is 3.37. The third kappa shape index (κ3) is 6.04. The quantitative estimate of drug-likeness (QED) is 0.377. The second-order valence-corrected chi connectivity index (χ2v) is 8.61. The highest BCUT2D eigenvalue weighted by Gasteiger charge is 2.38. The lowest BCUT2D eigenvalue weighted by atomic mass is 10.1. The summed E-state index contributed by atoms with van der Waals surface area (Å²) >= 11 is 0. The van der Waals surface area contributed by atoms with E-state index in [0.717, 1.165) is 22.8 Å². The van der Waals surface area contributed by atoms with Crippen molar-refractivity contribution >= 4 is 39.4 Å². The monoisotopic (exact) mass is 382 g/mol. The molecular formula is C17H22N2O4S2. The maximum Gasteiger partial charge on any atom is 0.326 e. The summed E-state index contributed by atoms with van der Waals surface area (Å²) in [6, 6.07) is 4.78. The number of likely N-dealkylation sites (tertiary alicyclic amines) is 1. The zero-order valence-corrected chi connectivity index (χ0v) is 15.7. The number of amides is 2. The second-order valence-electron chi connectivity index (χ2n) is 5.95. The van der Waals surface area contributed by atoms with E-state index >= 15 is 0 Å². The van der Waals surface area contributed by atoms with Crippen molar-refractivity contribution in [1.82, 2.24) is 9.88 Å². The molecule has 0 saturated carbocycles. The number of pyridine rings is 1. The molecule has 2 heterocycles. The molecule has 136 valence electrons. The van der Waals surface area contributed by atoms with Crippen LogP contribution in [0.1, 0.15) is 45.4 Å². The standard InChI is InChI=1S/C17H22N2O4S2/c1-12(24-25-14-8-4-5-11-18-14)6-2-3-7-13(17(22)23)19-15(20)9-10-16(19)21/h4-5,8,11-13H,2-3,6-7,9-10H2,1H3,(H,22,23). The molecule has 1 aliphatic rings. The van der Waals surface area contributed by atoms with Crippen LogP contribution < -0.4 is 0 Å². The van der Waals surface area contributed by atoms with Gasteiger partial charge in [0.05, 0.1) is 0 Å². The third-order valence-electron chi connectivity index (χ3n) is 3.96. The lowest BCUT2D eigenvalue weighted by Crippen LogP contribution is -2.44. The number of hydrogen-bond acceptors (Lipinski definition) is 6. The van der Waals surface area contributed by atoms with Gasteiger partial charge in [-0.1, -0.05) is 36.6 Å². The number of carboxylic acids is 1. The van der Waals surface area contributed by atoms with Crippen LogP contribution in [0, 0.1) is 0 Å². The Morgan fingerprint density at radius 2 is 1.92 bits per heavy atom. The molecule has 1 saturated heterocycles. The molecule has 2 unspecified atom stereocenters. The van der Waals surface area contributed by atoms with Crippen molar-refractivity contribution in [3.63, 3.8) is 0 Å². The van der Waals surface area contributed by atoms with Gasteiger partial charge in [-0.25, -0.2) is 9.78 Å². The van der Waals surface area contributed by atoms with Crippen LogP contribution in [0.5, 0.6) is 0 Å². The minimum absolute atomic E-state index is 0.126. The molecule has 0 aliphatic carbocycles. The Bertz CT molecular complexity index is 596. The van der Waals surface area contributed by atoms with E-state index in [1.165, 1.54) is 0 Å². The van der Waals surface area contributed by atoms with Gasteiger partial charge >= 0.3 is 5.97 Å². The number of imide groups is 1. The highest BCUT2D eigenvalue weighted by Crippen LogP contribution is 2.35. The van der Waals surface area contributed by atoms with Crippen molar-refractivity contribution in [2.24, 2.45) is 0 Å². The summed E-state index contributed by atoms with van der Waals surface area (Å²) in [5, 5.41) is 10.7. The van der Waals surface area contributed by atoms with Crippen LogP contribution in [0.3, 0.4) is 0 Å². The Kier molecular flexibility index (Phi) is 7.77. The van der Waals surface area contributed by atoms with E-state index in [1.807, 2.05) is 18.2 Å². The molecule has 25 heavy (non-hydrogen) atoms. The first-order chi connectivity index (χ1) is 12.0. The van der Waals surface area contributed by atoms with Gasteiger partial charge in [-0.05, 0) is 35.8 Å². The first-order valence-electron chi connectivity index (χ1n) is 8.31. The summed E-state index contributed by atoms with van der Waals surface area (Å²) in [6.45, 7) is 2.13. The summed E-state index contributed by atoms with van der Waals surface area (Å²) in [7, 11) is 3.37. The lowest BCUT2D eigenvalue weighted by molar-refractivity contribution is -0.154. The molecule has 2 amide bonds. The normalized spacial score (nSPS) is 16.9. The summed E-state index contributed by atoms with van der Waals surface area (Å²) < 4.78 is 0. The van der Waals surface area contributed by atoms with E-state index in [4.69, 9.17) is 0 Å². The van der Waals surface area contributed by atoms with Gasteiger partial charge in [0.1, 0.15) is 11.1 Å². The molecule has 0 spiro atoms. The molecule has 1 aliphatic heterocycles. The number of carbonyl (C=O) groups is 3. The van der Waals surface area contributed by atoms with Crippen molar-refractivity contribution in [2.75, 3.05) is 0 Å². The molecule has 8 heteroatoms. The SMILES string of the molecule is CC(CCCCC(C(=O)O)N1C(=O)CCC1=O)SSc1ccccn1. The maximum atomic E-state index is 11.7. The molecule has 6 nitrogen and oxygen atoms in total. The minimum Gasteiger partial charge on any atom is -0.480 e. The molecule has 0 bridgehead atoms. The van der Waals surface area contributed by atoms with Crippen LogP contribution in [0.2, 0.25) is 0 Å². The topological polar surface area (TPSA) is 87.6 Å². The van der Waals surface area contributed by atoms with E-state index in [0.29, 0.717) is 18.1 Å². The van der Waals surface area contributed by atoms with Crippen LogP contribution in [-0.4, -0.2) is 44.1 Å². The Morgan fingerprint density at radius 3 is 2.52 bits per heavy atom. The van der Waals surface area contributed by atoms with Gasteiger partial charge in [-0.3, -0.25) is 14.5 Å². The zero-order chi connectivity index (χ0) is 18.2. The Labute approximate surface area is 155 Å². The van der Waals surface area contributed by atoms with Crippen LogP contribution in [0.4, 0.5) is 0 Å².